The Labute approximate surface area is 390 Å². The van der Waals surface area contributed by atoms with Crippen molar-refractivity contribution in [3.05, 3.63) is 60.8 Å². The third-order valence-electron chi connectivity index (χ3n) is 12.0. The predicted molar refractivity (Wildman–Crippen MR) is 273 cm³/mol. The molecule has 0 aliphatic carbocycles. The average molecular weight is 882 g/mol. The lowest BCUT2D eigenvalue weighted by molar-refractivity contribution is -0.143. The number of carbonyl (C=O) groups excluding carboxylic acids is 2. The molecule has 0 fully saturated rings. The summed E-state index contributed by atoms with van der Waals surface area (Å²) in [6, 6.07) is -0.645. The van der Waals surface area contributed by atoms with Gasteiger partial charge in [-0.1, -0.05) is 216 Å². The van der Waals surface area contributed by atoms with Crippen LogP contribution in [0, 0.1) is 0 Å². The molecule has 3 N–H and O–H groups in total. The van der Waals surface area contributed by atoms with Crippen molar-refractivity contribution in [3.8, 4) is 0 Å². The molecule has 0 aliphatic heterocycles. The molecular formula is C57H103NO5. The Bertz CT molecular complexity index is 1110. The highest BCUT2D eigenvalue weighted by Crippen LogP contribution is 2.14. The summed E-state index contributed by atoms with van der Waals surface area (Å²) in [5, 5.41) is 23.0. The van der Waals surface area contributed by atoms with E-state index in [1.165, 1.54) is 154 Å². The topological polar surface area (TPSA) is 95.9 Å². The lowest BCUT2D eigenvalue weighted by atomic mass is 10.1. The molecule has 0 radical (unpaired) electrons. The molecule has 2 atom stereocenters. The summed E-state index contributed by atoms with van der Waals surface area (Å²) in [4.78, 5) is 24.5. The van der Waals surface area contributed by atoms with Crippen LogP contribution in [0.2, 0.25) is 0 Å². The van der Waals surface area contributed by atoms with E-state index in [4.69, 9.17) is 4.74 Å². The largest absolute Gasteiger partial charge is 0.466 e. The Morgan fingerprint density at radius 1 is 0.460 bits per heavy atom. The quantitative estimate of drug-likeness (QED) is 0.0245. The first kappa shape index (κ1) is 60.6. The maximum absolute atomic E-state index is 12.4. The van der Waals surface area contributed by atoms with E-state index in [2.05, 4.69) is 67.8 Å². The Hall–Kier alpha value is -2.44. The van der Waals surface area contributed by atoms with E-state index in [0.29, 0.717) is 19.4 Å². The summed E-state index contributed by atoms with van der Waals surface area (Å²) in [5.74, 6) is -0.121. The van der Waals surface area contributed by atoms with Gasteiger partial charge in [0.1, 0.15) is 0 Å². The smallest absolute Gasteiger partial charge is 0.305 e. The molecule has 366 valence electrons. The van der Waals surface area contributed by atoms with Gasteiger partial charge in [-0.2, -0.15) is 0 Å². The summed E-state index contributed by atoms with van der Waals surface area (Å²) < 4.78 is 5.45. The van der Waals surface area contributed by atoms with Crippen LogP contribution in [0.3, 0.4) is 0 Å². The summed E-state index contributed by atoms with van der Waals surface area (Å²) in [6.07, 6.45) is 66.6. The van der Waals surface area contributed by atoms with Crippen molar-refractivity contribution in [2.75, 3.05) is 13.2 Å². The summed E-state index contributed by atoms with van der Waals surface area (Å²) in [5.41, 5.74) is 0. The van der Waals surface area contributed by atoms with Crippen LogP contribution in [0.4, 0.5) is 0 Å². The Kier molecular flexibility index (Phi) is 50.2. The van der Waals surface area contributed by atoms with E-state index in [0.717, 1.165) is 83.5 Å². The number of unbranched alkanes of at least 4 members (excludes halogenated alkanes) is 31. The van der Waals surface area contributed by atoms with Gasteiger partial charge in [-0.15, -0.1) is 0 Å². The van der Waals surface area contributed by atoms with Gasteiger partial charge in [0, 0.05) is 12.8 Å². The molecule has 6 heteroatoms. The number of hydrogen-bond donors (Lipinski definition) is 3. The molecule has 0 aromatic rings. The number of carbonyl (C=O) groups is 2. The van der Waals surface area contributed by atoms with Gasteiger partial charge in [0.25, 0.3) is 0 Å². The molecule has 0 rings (SSSR count). The first-order chi connectivity index (χ1) is 31.0. The molecule has 0 heterocycles. The van der Waals surface area contributed by atoms with Gasteiger partial charge in [-0.3, -0.25) is 9.59 Å². The van der Waals surface area contributed by atoms with Gasteiger partial charge >= 0.3 is 5.97 Å². The minimum atomic E-state index is -0.859. The second-order valence-electron chi connectivity index (χ2n) is 18.2. The number of nitrogens with one attached hydrogen (secondary N) is 1. The Balaban J connectivity index is 3.54. The van der Waals surface area contributed by atoms with E-state index in [-0.39, 0.29) is 18.5 Å². The Morgan fingerprint density at radius 3 is 1.33 bits per heavy atom. The number of amides is 1. The highest BCUT2D eigenvalue weighted by atomic mass is 16.5. The van der Waals surface area contributed by atoms with Crippen molar-refractivity contribution in [1.82, 2.24) is 5.32 Å². The van der Waals surface area contributed by atoms with Crippen LogP contribution in [0.5, 0.6) is 0 Å². The predicted octanol–water partition coefficient (Wildman–Crippen LogP) is 16.4. The molecule has 1 amide bonds. The van der Waals surface area contributed by atoms with Gasteiger partial charge < -0.3 is 20.3 Å². The summed E-state index contributed by atoms with van der Waals surface area (Å²) >= 11 is 0. The van der Waals surface area contributed by atoms with E-state index in [1.807, 2.05) is 6.08 Å². The molecule has 6 nitrogen and oxygen atoms in total. The van der Waals surface area contributed by atoms with Gasteiger partial charge in [-0.05, 0) is 96.3 Å². The SMILES string of the molecule is CCCCC/C=C\C/C=C\CCCCCCCCCCCC(=O)OCCCCC/C=C\C=C/CCCCCCCCC(=O)NC(CO)C(O)/C=C/CCCCCCCCCCCC. The second-order valence-corrected chi connectivity index (χ2v) is 18.2. The van der Waals surface area contributed by atoms with Crippen molar-refractivity contribution >= 4 is 11.9 Å². The van der Waals surface area contributed by atoms with Crippen molar-refractivity contribution in [3.63, 3.8) is 0 Å². The molecular weight excluding hydrogens is 779 g/mol. The fourth-order valence-electron chi connectivity index (χ4n) is 7.83. The number of esters is 1. The monoisotopic (exact) mass is 882 g/mol. The van der Waals surface area contributed by atoms with Crippen molar-refractivity contribution in [2.24, 2.45) is 0 Å². The van der Waals surface area contributed by atoms with Crippen LogP contribution in [0.15, 0.2) is 60.8 Å². The van der Waals surface area contributed by atoms with E-state index in [1.54, 1.807) is 6.08 Å². The zero-order valence-corrected chi connectivity index (χ0v) is 41.5. The molecule has 0 saturated heterocycles. The normalized spacial score (nSPS) is 13.1. The molecule has 0 spiro atoms. The van der Waals surface area contributed by atoms with Crippen molar-refractivity contribution in [1.29, 1.82) is 0 Å². The fraction of sp³-hybridized carbons (Fsp3) is 0.789. The van der Waals surface area contributed by atoms with Crippen molar-refractivity contribution in [2.45, 2.75) is 276 Å². The Morgan fingerprint density at radius 2 is 0.841 bits per heavy atom. The zero-order chi connectivity index (χ0) is 45.8. The summed E-state index contributed by atoms with van der Waals surface area (Å²) in [7, 11) is 0. The van der Waals surface area contributed by atoms with E-state index < -0.39 is 12.1 Å². The van der Waals surface area contributed by atoms with Gasteiger partial charge in [-0.25, -0.2) is 0 Å². The molecule has 63 heavy (non-hydrogen) atoms. The minimum absolute atomic E-state index is 0.0278. The number of aliphatic hydroxyl groups excluding tert-OH is 2. The number of rotatable bonds is 49. The standard InChI is InChI=1S/C57H103NO5/c1-3-5-7-9-11-13-15-17-18-19-20-21-24-27-31-35-39-43-47-51-57(62)63-52-48-44-40-36-32-28-25-22-23-26-30-34-38-42-46-50-56(61)58-54(53-59)55(60)49-45-41-37-33-29-16-14-12-10-8-6-4-2/h11,13,17-18,22,25,28,32,45,49,54-55,59-60H,3-10,12,14-16,19-21,23-24,26-27,29-31,33-44,46-48,50-53H2,1-2H3,(H,58,61)/b13-11-,18-17-,25-22-,32-28-,49-45+. The number of allylic oxidation sites excluding steroid dienone is 9. The fourth-order valence-corrected chi connectivity index (χ4v) is 7.83. The number of aliphatic hydroxyl groups is 2. The van der Waals surface area contributed by atoms with Gasteiger partial charge in [0.05, 0.1) is 25.4 Å². The second kappa shape index (κ2) is 52.2. The van der Waals surface area contributed by atoms with E-state index in [9.17, 15) is 19.8 Å². The highest BCUT2D eigenvalue weighted by molar-refractivity contribution is 5.76. The first-order valence-corrected chi connectivity index (χ1v) is 27.1. The van der Waals surface area contributed by atoms with E-state index >= 15 is 0 Å². The summed E-state index contributed by atoms with van der Waals surface area (Å²) in [6.45, 7) is 4.80. The van der Waals surface area contributed by atoms with Crippen LogP contribution in [-0.2, 0) is 14.3 Å². The molecule has 0 aliphatic rings. The lowest BCUT2D eigenvalue weighted by Gasteiger charge is -2.20. The average Bonchev–Trinajstić information content (AvgIpc) is 3.28. The molecule has 2 unspecified atom stereocenters. The van der Waals surface area contributed by atoms with Gasteiger partial charge in [0.2, 0.25) is 5.91 Å². The first-order valence-electron chi connectivity index (χ1n) is 27.1. The maximum Gasteiger partial charge on any atom is 0.305 e. The zero-order valence-electron chi connectivity index (χ0n) is 41.5. The third-order valence-corrected chi connectivity index (χ3v) is 12.0. The van der Waals surface area contributed by atoms with Crippen LogP contribution in [0.1, 0.15) is 264 Å². The van der Waals surface area contributed by atoms with Crippen LogP contribution < -0.4 is 5.32 Å². The highest BCUT2D eigenvalue weighted by Gasteiger charge is 2.18. The number of ether oxygens (including phenoxy) is 1. The minimum Gasteiger partial charge on any atom is -0.466 e. The van der Waals surface area contributed by atoms with Crippen LogP contribution in [0.25, 0.3) is 0 Å². The maximum atomic E-state index is 12.4. The van der Waals surface area contributed by atoms with Gasteiger partial charge in [0.15, 0.2) is 0 Å². The molecule has 0 aromatic heterocycles. The molecule has 0 saturated carbocycles. The third kappa shape index (κ3) is 48.8. The molecule has 0 aromatic carbocycles. The van der Waals surface area contributed by atoms with Crippen molar-refractivity contribution < 1.29 is 24.5 Å². The van der Waals surface area contributed by atoms with Crippen LogP contribution >= 0.6 is 0 Å². The molecule has 0 bridgehead atoms. The number of hydrogen-bond acceptors (Lipinski definition) is 5. The van der Waals surface area contributed by atoms with Crippen LogP contribution in [-0.4, -0.2) is 47.4 Å². The lowest BCUT2D eigenvalue weighted by Crippen LogP contribution is -2.45.